The second-order valence-electron chi connectivity index (χ2n) is 4.75. The molecule has 0 N–H and O–H groups in total. The molecule has 5 heteroatoms. The molecule has 1 aromatic heterocycles. The lowest BCUT2D eigenvalue weighted by atomic mass is 10.0. The third-order valence-electron chi connectivity index (χ3n) is 3.55. The van der Waals surface area contributed by atoms with Gasteiger partial charge in [0, 0.05) is 17.0 Å². The first-order chi connectivity index (χ1) is 11.2. The van der Waals surface area contributed by atoms with Crippen LogP contribution in [-0.4, -0.2) is 24.2 Å². The molecule has 0 bridgehead atoms. The van der Waals surface area contributed by atoms with Crippen molar-refractivity contribution in [1.82, 2.24) is 9.97 Å². The molecular formula is C18H13FN2O2. The highest BCUT2D eigenvalue weighted by molar-refractivity contribution is 5.95. The highest BCUT2D eigenvalue weighted by Crippen LogP contribution is 2.36. The van der Waals surface area contributed by atoms with Crippen LogP contribution in [-0.2, 0) is 0 Å². The number of benzene rings is 2. The van der Waals surface area contributed by atoms with Gasteiger partial charge in [-0.15, -0.1) is 6.42 Å². The van der Waals surface area contributed by atoms with Gasteiger partial charge < -0.3 is 9.47 Å². The van der Waals surface area contributed by atoms with E-state index in [1.54, 1.807) is 38.5 Å². The maximum Gasteiger partial charge on any atom is 0.162 e. The van der Waals surface area contributed by atoms with E-state index in [1.165, 1.54) is 12.4 Å². The molecule has 0 aliphatic carbocycles. The number of rotatable bonds is 3. The van der Waals surface area contributed by atoms with Gasteiger partial charge in [-0.25, -0.2) is 14.4 Å². The van der Waals surface area contributed by atoms with Gasteiger partial charge in [0.05, 0.1) is 31.0 Å². The SMILES string of the molecule is C#Cc1c(F)cccc1-c1ncnc2cc(OC)c(OC)cc12. The molecule has 0 saturated heterocycles. The van der Waals surface area contributed by atoms with Gasteiger partial charge in [0.1, 0.15) is 12.1 Å². The molecule has 0 amide bonds. The predicted molar refractivity (Wildman–Crippen MR) is 86.0 cm³/mol. The molecule has 0 unspecified atom stereocenters. The van der Waals surface area contributed by atoms with Crippen molar-refractivity contribution >= 4 is 10.9 Å². The second-order valence-corrected chi connectivity index (χ2v) is 4.75. The van der Waals surface area contributed by atoms with E-state index in [0.29, 0.717) is 33.7 Å². The van der Waals surface area contributed by atoms with Crippen molar-refractivity contribution in [3.63, 3.8) is 0 Å². The minimum Gasteiger partial charge on any atom is -0.493 e. The Hall–Kier alpha value is -3.13. The summed E-state index contributed by atoms with van der Waals surface area (Å²) in [5, 5.41) is 0.701. The summed E-state index contributed by atoms with van der Waals surface area (Å²) < 4.78 is 24.6. The van der Waals surface area contributed by atoms with Gasteiger partial charge in [-0.1, -0.05) is 18.1 Å². The zero-order valence-electron chi connectivity index (χ0n) is 12.6. The van der Waals surface area contributed by atoms with Crippen LogP contribution >= 0.6 is 0 Å². The van der Waals surface area contributed by atoms with Crippen molar-refractivity contribution in [2.24, 2.45) is 0 Å². The average molecular weight is 308 g/mol. The first kappa shape index (κ1) is 14.8. The lowest BCUT2D eigenvalue weighted by Crippen LogP contribution is -1.96. The maximum atomic E-state index is 14.0. The van der Waals surface area contributed by atoms with Crippen molar-refractivity contribution in [2.75, 3.05) is 14.2 Å². The normalized spacial score (nSPS) is 10.3. The summed E-state index contributed by atoms with van der Waals surface area (Å²) in [6.07, 6.45) is 6.87. The predicted octanol–water partition coefficient (Wildman–Crippen LogP) is 3.43. The molecule has 1 heterocycles. The molecular weight excluding hydrogens is 295 g/mol. The van der Waals surface area contributed by atoms with Crippen LogP contribution in [0.5, 0.6) is 11.5 Å². The zero-order valence-corrected chi connectivity index (χ0v) is 12.6. The monoisotopic (exact) mass is 308 g/mol. The Morgan fingerprint density at radius 2 is 1.83 bits per heavy atom. The van der Waals surface area contributed by atoms with Gasteiger partial charge in [-0.05, 0) is 12.1 Å². The number of halogens is 1. The van der Waals surface area contributed by atoms with E-state index in [4.69, 9.17) is 15.9 Å². The summed E-state index contributed by atoms with van der Waals surface area (Å²) in [4.78, 5) is 8.53. The number of methoxy groups -OCH3 is 2. The van der Waals surface area contributed by atoms with E-state index < -0.39 is 5.82 Å². The Bertz CT molecular complexity index is 932. The standard InChI is InChI=1S/C18H13FN2O2/c1-4-11-12(6-5-7-14(11)19)18-13-8-16(22-2)17(23-3)9-15(13)20-10-21-18/h1,5-10H,2-3H3. The molecule has 0 aliphatic heterocycles. The number of hydrogen-bond donors (Lipinski definition) is 0. The smallest absolute Gasteiger partial charge is 0.162 e. The van der Waals surface area contributed by atoms with E-state index in [-0.39, 0.29) is 5.56 Å². The number of nitrogens with zero attached hydrogens (tertiary/aromatic N) is 2. The highest BCUT2D eigenvalue weighted by atomic mass is 19.1. The summed E-state index contributed by atoms with van der Waals surface area (Å²) in [5.41, 5.74) is 1.90. The molecule has 0 fully saturated rings. The number of ether oxygens (including phenoxy) is 2. The first-order valence-corrected chi connectivity index (χ1v) is 6.81. The fraction of sp³-hybridized carbons (Fsp3) is 0.111. The van der Waals surface area contributed by atoms with Crippen molar-refractivity contribution in [3.05, 3.63) is 48.0 Å². The van der Waals surface area contributed by atoms with E-state index in [2.05, 4.69) is 15.9 Å². The maximum absolute atomic E-state index is 14.0. The number of aromatic nitrogens is 2. The third-order valence-corrected chi connectivity index (χ3v) is 3.55. The van der Waals surface area contributed by atoms with Crippen LogP contribution in [0.1, 0.15) is 5.56 Å². The molecule has 3 rings (SSSR count). The van der Waals surface area contributed by atoms with Crippen LogP contribution < -0.4 is 9.47 Å². The first-order valence-electron chi connectivity index (χ1n) is 6.81. The number of terminal acetylenes is 1. The summed E-state index contributed by atoms with van der Waals surface area (Å²) in [7, 11) is 3.09. The van der Waals surface area contributed by atoms with Crippen LogP contribution in [0, 0.1) is 18.2 Å². The van der Waals surface area contributed by atoms with E-state index in [9.17, 15) is 4.39 Å². The van der Waals surface area contributed by atoms with Gasteiger partial charge in [0.2, 0.25) is 0 Å². The van der Waals surface area contributed by atoms with Crippen LogP contribution in [0.4, 0.5) is 4.39 Å². The van der Waals surface area contributed by atoms with Gasteiger partial charge in [-0.3, -0.25) is 0 Å². The summed E-state index contributed by atoms with van der Waals surface area (Å²) >= 11 is 0. The van der Waals surface area contributed by atoms with Crippen molar-refractivity contribution in [3.8, 4) is 35.1 Å². The molecule has 2 aromatic carbocycles. The topological polar surface area (TPSA) is 44.2 Å². The minimum atomic E-state index is -0.461. The number of hydrogen-bond acceptors (Lipinski definition) is 4. The molecule has 0 spiro atoms. The Labute approximate surface area is 132 Å². The molecule has 114 valence electrons. The molecule has 23 heavy (non-hydrogen) atoms. The van der Waals surface area contributed by atoms with Crippen LogP contribution in [0.2, 0.25) is 0 Å². The Morgan fingerprint density at radius 3 is 2.52 bits per heavy atom. The van der Waals surface area contributed by atoms with E-state index in [1.807, 2.05) is 0 Å². The molecule has 4 nitrogen and oxygen atoms in total. The molecule has 0 atom stereocenters. The summed E-state index contributed by atoms with van der Waals surface area (Å²) in [6, 6.07) is 8.16. The van der Waals surface area contributed by atoms with Gasteiger partial charge in [0.25, 0.3) is 0 Å². The zero-order chi connectivity index (χ0) is 16.4. The summed E-state index contributed by atoms with van der Waals surface area (Å²) in [6.45, 7) is 0. The molecule has 3 aromatic rings. The van der Waals surface area contributed by atoms with Crippen molar-refractivity contribution in [1.29, 1.82) is 0 Å². The van der Waals surface area contributed by atoms with Crippen molar-refractivity contribution in [2.45, 2.75) is 0 Å². The highest BCUT2D eigenvalue weighted by Gasteiger charge is 2.15. The molecule has 0 saturated carbocycles. The van der Waals surface area contributed by atoms with Crippen LogP contribution in [0.3, 0.4) is 0 Å². The minimum absolute atomic E-state index is 0.169. The van der Waals surface area contributed by atoms with Crippen LogP contribution in [0.15, 0.2) is 36.7 Å². The Morgan fingerprint density at radius 1 is 1.09 bits per heavy atom. The largest absolute Gasteiger partial charge is 0.493 e. The Kier molecular flexibility index (Phi) is 3.82. The Balaban J connectivity index is 2.36. The van der Waals surface area contributed by atoms with Crippen LogP contribution in [0.25, 0.3) is 22.2 Å². The fourth-order valence-corrected chi connectivity index (χ4v) is 2.47. The van der Waals surface area contributed by atoms with E-state index in [0.717, 1.165) is 0 Å². The quantitative estimate of drug-likeness (QED) is 0.695. The van der Waals surface area contributed by atoms with Gasteiger partial charge in [0.15, 0.2) is 11.5 Å². The van der Waals surface area contributed by atoms with E-state index >= 15 is 0 Å². The van der Waals surface area contributed by atoms with Gasteiger partial charge in [-0.2, -0.15) is 0 Å². The molecule has 0 aliphatic rings. The summed E-state index contributed by atoms with van der Waals surface area (Å²) in [5.74, 6) is 3.02. The second kappa shape index (κ2) is 5.93. The lowest BCUT2D eigenvalue weighted by molar-refractivity contribution is 0.356. The lowest BCUT2D eigenvalue weighted by Gasteiger charge is -2.12. The average Bonchev–Trinajstić information content (AvgIpc) is 2.59. The number of fused-ring (bicyclic) bond motifs is 1. The fourth-order valence-electron chi connectivity index (χ4n) is 2.47. The third kappa shape index (κ3) is 2.44. The molecule has 0 radical (unpaired) electrons. The van der Waals surface area contributed by atoms with Gasteiger partial charge >= 0.3 is 0 Å². The van der Waals surface area contributed by atoms with Crippen molar-refractivity contribution < 1.29 is 13.9 Å².